The van der Waals surface area contributed by atoms with Crippen LogP contribution in [0.1, 0.15) is 23.2 Å². The number of nitrogens with one attached hydrogen (secondary N) is 1. The first-order chi connectivity index (χ1) is 9.40. The summed E-state index contributed by atoms with van der Waals surface area (Å²) in [5, 5.41) is 22.4. The topological polar surface area (TPSA) is 148 Å². The molecule has 106 valence electrons. The van der Waals surface area contributed by atoms with Crippen molar-refractivity contribution in [3.63, 3.8) is 0 Å². The number of nitro groups is 1. The standard InChI is InChI=1S/C11H12N4O5/c12-9(16)7-3-6(15(19)20)4-13-10(7)14-8(11(17)18)5-1-2-5/h3-5,8H,1-2H2,(H2,12,16)(H,13,14)(H,17,18). The second kappa shape index (κ2) is 5.11. The molecule has 1 aromatic rings. The van der Waals surface area contributed by atoms with E-state index in [0.717, 1.165) is 25.1 Å². The van der Waals surface area contributed by atoms with Crippen LogP contribution in [0.15, 0.2) is 12.3 Å². The zero-order valence-corrected chi connectivity index (χ0v) is 10.3. The van der Waals surface area contributed by atoms with E-state index in [1.165, 1.54) is 0 Å². The molecule has 1 atom stereocenters. The van der Waals surface area contributed by atoms with Gasteiger partial charge in [-0.25, -0.2) is 9.78 Å². The van der Waals surface area contributed by atoms with Gasteiger partial charge in [-0.15, -0.1) is 0 Å². The van der Waals surface area contributed by atoms with Crippen LogP contribution in [0.4, 0.5) is 11.5 Å². The summed E-state index contributed by atoms with van der Waals surface area (Å²) in [6, 6.07) is 0.0887. The smallest absolute Gasteiger partial charge is 0.326 e. The number of nitrogens with zero attached hydrogens (tertiary/aromatic N) is 2. The van der Waals surface area contributed by atoms with Gasteiger partial charge in [-0.2, -0.15) is 0 Å². The molecule has 20 heavy (non-hydrogen) atoms. The molecule has 0 radical (unpaired) electrons. The predicted molar refractivity (Wildman–Crippen MR) is 67.2 cm³/mol. The van der Waals surface area contributed by atoms with Crippen LogP contribution < -0.4 is 11.1 Å². The molecule has 2 rings (SSSR count). The van der Waals surface area contributed by atoms with Gasteiger partial charge in [0.25, 0.3) is 11.6 Å². The Labute approximate surface area is 112 Å². The number of carboxylic acids is 1. The van der Waals surface area contributed by atoms with Gasteiger partial charge in [0.2, 0.25) is 0 Å². The van der Waals surface area contributed by atoms with Crippen LogP contribution >= 0.6 is 0 Å². The molecule has 0 spiro atoms. The minimum Gasteiger partial charge on any atom is -0.480 e. The van der Waals surface area contributed by atoms with Crippen molar-refractivity contribution in [2.24, 2.45) is 11.7 Å². The van der Waals surface area contributed by atoms with Crippen molar-refractivity contribution in [2.45, 2.75) is 18.9 Å². The molecule has 0 aromatic carbocycles. The van der Waals surface area contributed by atoms with Crippen molar-refractivity contribution in [1.29, 1.82) is 0 Å². The van der Waals surface area contributed by atoms with Gasteiger partial charge in [0.1, 0.15) is 18.1 Å². The number of aromatic nitrogens is 1. The number of primary amides is 1. The van der Waals surface area contributed by atoms with E-state index in [4.69, 9.17) is 10.8 Å². The SMILES string of the molecule is NC(=O)c1cc([N+](=O)[O-])cnc1NC(C(=O)O)C1CC1. The largest absolute Gasteiger partial charge is 0.480 e. The molecule has 1 unspecified atom stereocenters. The maximum atomic E-state index is 11.3. The van der Waals surface area contributed by atoms with Crippen molar-refractivity contribution in [2.75, 3.05) is 5.32 Å². The third-order valence-corrected chi connectivity index (χ3v) is 3.00. The minimum atomic E-state index is -1.07. The van der Waals surface area contributed by atoms with E-state index in [0.29, 0.717) is 0 Å². The number of nitrogens with two attached hydrogens (primary N) is 1. The average molecular weight is 280 g/mol. The molecule has 0 bridgehead atoms. The van der Waals surface area contributed by atoms with Gasteiger partial charge in [0, 0.05) is 6.07 Å². The van der Waals surface area contributed by atoms with Crippen molar-refractivity contribution >= 4 is 23.4 Å². The number of carbonyl (C=O) groups excluding carboxylic acids is 1. The van der Waals surface area contributed by atoms with E-state index < -0.39 is 22.8 Å². The Morgan fingerprint density at radius 2 is 2.20 bits per heavy atom. The number of aliphatic carboxylic acids is 1. The van der Waals surface area contributed by atoms with Gasteiger partial charge in [0.05, 0.1) is 10.5 Å². The molecule has 1 amide bonds. The Kier molecular flexibility index (Phi) is 3.51. The second-order valence-corrected chi connectivity index (χ2v) is 4.51. The molecule has 1 heterocycles. The number of anilines is 1. The normalized spacial score (nSPS) is 15.4. The highest BCUT2D eigenvalue weighted by Gasteiger charge is 2.37. The van der Waals surface area contributed by atoms with E-state index in [1.54, 1.807) is 0 Å². The van der Waals surface area contributed by atoms with Crippen LogP contribution in [0.2, 0.25) is 0 Å². The van der Waals surface area contributed by atoms with Gasteiger partial charge < -0.3 is 16.2 Å². The molecule has 1 aliphatic rings. The Bertz CT molecular complexity index is 584. The lowest BCUT2D eigenvalue weighted by Gasteiger charge is -2.15. The summed E-state index contributed by atoms with van der Waals surface area (Å²) in [6.45, 7) is 0. The number of rotatable bonds is 6. The molecular weight excluding hydrogens is 268 g/mol. The number of pyridine rings is 1. The van der Waals surface area contributed by atoms with Crippen LogP contribution in [-0.2, 0) is 4.79 Å². The number of hydrogen-bond donors (Lipinski definition) is 3. The van der Waals surface area contributed by atoms with E-state index >= 15 is 0 Å². The Balaban J connectivity index is 2.32. The number of amides is 1. The summed E-state index contributed by atoms with van der Waals surface area (Å²) in [7, 11) is 0. The van der Waals surface area contributed by atoms with Gasteiger partial charge >= 0.3 is 5.97 Å². The summed E-state index contributed by atoms with van der Waals surface area (Å²) in [5.74, 6) is -2.07. The highest BCUT2D eigenvalue weighted by atomic mass is 16.6. The quantitative estimate of drug-likeness (QED) is 0.503. The molecule has 1 aromatic heterocycles. The van der Waals surface area contributed by atoms with Crippen LogP contribution in [-0.4, -0.2) is 32.9 Å². The lowest BCUT2D eigenvalue weighted by molar-refractivity contribution is -0.385. The number of carboxylic acid groups (broad SMARTS) is 1. The summed E-state index contributed by atoms with van der Waals surface area (Å²) >= 11 is 0. The molecule has 4 N–H and O–H groups in total. The Hall–Kier alpha value is -2.71. The predicted octanol–water partition coefficient (Wildman–Crippen LogP) is 0.364. The summed E-state index contributed by atoms with van der Waals surface area (Å²) < 4.78 is 0. The van der Waals surface area contributed by atoms with E-state index in [9.17, 15) is 19.7 Å². The first-order valence-corrected chi connectivity index (χ1v) is 5.83. The monoisotopic (exact) mass is 280 g/mol. The number of carbonyl (C=O) groups is 2. The fraction of sp³-hybridized carbons (Fsp3) is 0.364. The molecule has 1 saturated carbocycles. The van der Waals surface area contributed by atoms with Gasteiger partial charge in [-0.1, -0.05) is 0 Å². The molecule has 1 aliphatic carbocycles. The molecule has 1 fully saturated rings. The second-order valence-electron chi connectivity index (χ2n) is 4.51. The van der Waals surface area contributed by atoms with Crippen LogP contribution in [0.5, 0.6) is 0 Å². The first kappa shape index (κ1) is 13.7. The molecular formula is C11H12N4O5. The Morgan fingerprint density at radius 3 is 2.65 bits per heavy atom. The summed E-state index contributed by atoms with van der Waals surface area (Å²) in [4.78, 5) is 36.1. The average Bonchev–Trinajstić information content (AvgIpc) is 3.19. The van der Waals surface area contributed by atoms with Crippen molar-refractivity contribution < 1.29 is 19.6 Å². The van der Waals surface area contributed by atoms with Gasteiger partial charge in [-0.05, 0) is 18.8 Å². The van der Waals surface area contributed by atoms with E-state index in [1.807, 2.05) is 0 Å². The third kappa shape index (κ3) is 2.82. The molecule has 9 heteroatoms. The third-order valence-electron chi connectivity index (χ3n) is 3.00. The lowest BCUT2D eigenvalue weighted by Crippen LogP contribution is -2.33. The van der Waals surface area contributed by atoms with Crippen LogP contribution in [0.25, 0.3) is 0 Å². The highest BCUT2D eigenvalue weighted by Crippen LogP contribution is 2.34. The number of hydrogen-bond acceptors (Lipinski definition) is 6. The van der Waals surface area contributed by atoms with Crippen molar-refractivity contribution in [3.8, 4) is 0 Å². The summed E-state index contributed by atoms with van der Waals surface area (Å²) in [6.07, 6.45) is 2.48. The van der Waals surface area contributed by atoms with Gasteiger partial charge in [0.15, 0.2) is 0 Å². The fourth-order valence-electron chi connectivity index (χ4n) is 1.81. The van der Waals surface area contributed by atoms with Crippen molar-refractivity contribution in [1.82, 2.24) is 4.98 Å². The first-order valence-electron chi connectivity index (χ1n) is 5.83. The summed E-state index contributed by atoms with van der Waals surface area (Å²) in [5.41, 5.74) is 4.55. The minimum absolute atomic E-state index is 0.0368. The maximum absolute atomic E-state index is 11.3. The van der Waals surface area contributed by atoms with Gasteiger partial charge in [-0.3, -0.25) is 14.9 Å². The highest BCUT2D eigenvalue weighted by molar-refractivity contribution is 5.98. The maximum Gasteiger partial charge on any atom is 0.326 e. The van der Waals surface area contributed by atoms with E-state index in [-0.39, 0.29) is 23.0 Å². The zero-order chi connectivity index (χ0) is 14.9. The van der Waals surface area contributed by atoms with Crippen LogP contribution in [0, 0.1) is 16.0 Å². The lowest BCUT2D eigenvalue weighted by atomic mass is 10.1. The van der Waals surface area contributed by atoms with Crippen LogP contribution in [0.3, 0.4) is 0 Å². The zero-order valence-electron chi connectivity index (χ0n) is 10.3. The van der Waals surface area contributed by atoms with E-state index in [2.05, 4.69) is 10.3 Å². The molecule has 9 nitrogen and oxygen atoms in total. The molecule has 0 saturated heterocycles. The Morgan fingerprint density at radius 1 is 1.55 bits per heavy atom. The molecule has 0 aliphatic heterocycles. The fourth-order valence-corrected chi connectivity index (χ4v) is 1.81. The van der Waals surface area contributed by atoms with Crippen molar-refractivity contribution in [3.05, 3.63) is 27.9 Å².